The van der Waals surface area contributed by atoms with Gasteiger partial charge in [-0.1, -0.05) is 24.3 Å². The summed E-state index contributed by atoms with van der Waals surface area (Å²) in [5.74, 6) is 0.0189. The van der Waals surface area contributed by atoms with Crippen LogP contribution in [0.3, 0.4) is 0 Å². The van der Waals surface area contributed by atoms with Gasteiger partial charge in [0, 0.05) is 44.0 Å². The summed E-state index contributed by atoms with van der Waals surface area (Å²) in [4.78, 5) is 28.8. The van der Waals surface area contributed by atoms with Crippen LogP contribution in [-0.2, 0) is 11.3 Å². The number of amides is 2. The lowest BCUT2D eigenvalue weighted by molar-refractivity contribution is -0.135. The normalized spacial score (nSPS) is 17.7. The zero-order valence-electron chi connectivity index (χ0n) is 17.4. The van der Waals surface area contributed by atoms with Crippen LogP contribution in [0.2, 0.25) is 0 Å². The molecule has 1 heterocycles. The van der Waals surface area contributed by atoms with Crippen LogP contribution in [0.5, 0.6) is 0 Å². The van der Waals surface area contributed by atoms with Crippen molar-refractivity contribution in [3.05, 3.63) is 53.6 Å². The molecule has 2 aliphatic rings. The van der Waals surface area contributed by atoms with Crippen LogP contribution >= 0.6 is 0 Å². The van der Waals surface area contributed by atoms with Crippen molar-refractivity contribution < 1.29 is 9.59 Å². The number of carbonyl (C=O) groups is 2. The Balaban J connectivity index is 1.39. The maximum absolute atomic E-state index is 12.9. The standard InChI is InChI=1S/C23H29N5O2/c1-26-15-19-7-6-18(14-20(19)24)16-2-4-17(5-3-16)21(29)27-10-12-28(13-11-27)22(30)23(25)8-9-23/h2-7,14,26H,8-13,15,24-25H2,1H3. The molecule has 158 valence electrons. The van der Waals surface area contributed by atoms with E-state index in [9.17, 15) is 9.59 Å². The molecule has 7 nitrogen and oxygen atoms in total. The van der Waals surface area contributed by atoms with Gasteiger partial charge in [-0.15, -0.1) is 0 Å². The summed E-state index contributed by atoms with van der Waals surface area (Å²) in [6.45, 7) is 2.88. The Morgan fingerprint density at radius 1 is 0.967 bits per heavy atom. The molecule has 7 heteroatoms. The van der Waals surface area contributed by atoms with Crippen LogP contribution in [0.4, 0.5) is 5.69 Å². The highest BCUT2D eigenvalue weighted by atomic mass is 16.2. The second-order valence-corrected chi connectivity index (χ2v) is 8.26. The Hall–Kier alpha value is -2.90. The van der Waals surface area contributed by atoms with Gasteiger partial charge in [0.2, 0.25) is 5.91 Å². The minimum absolute atomic E-state index is 0.00795. The number of piperazine rings is 1. The van der Waals surface area contributed by atoms with Gasteiger partial charge in [0.15, 0.2) is 0 Å². The molecular formula is C23H29N5O2. The van der Waals surface area contributed by atoms with Crippen molar-refractivity contribution in [3.8, 4) is 11.1 Å². The molecule has 0 bridgehead atoms. The van der Waals surface area contributed by atoms with E-state index in [2.05, 4.69) is 5.32 Å². The summed E-state index contributed by atoms with van der Waals surface area (Å²) in [5, 5.41) is 3.10. The number of nitrogens with two attached hydrogens (primary N) is 2. The van der Waals surface area contributed by atoms with E-state index in [0.717, 1.165) is 41.8 Å². The maximum atomic E-state index is 12.9. The summed E-state index contributed by atoms with van der Waals surface area (Å²) in [7, 11) is 1.89. The van der Waals surface area contributed by atoms with Crippen molar-refractivity contribution in [2.24, 2.45) is 5.73 Å². The molecule has 0 spiro atoms. The molecule has 0 unspecified atom stereocenters. The van der Waals surface area contributed by atoms with Gasteiger partial charge >= 0.3 is 0 Å². The van der Waals surface area contributed by atoms with Crippen LogP contribution in [0.25, 0.3) is 11.1 Å². The number of benzene rings is 2. The topological polar surface area (TPSA) is 105 Å². The molecule has 5 N–H and O–H groups in total. The van der Waals surface area contributed by atoms with Gasteiger partial charge in [0.25, 0.3) is 5.91 Å². The predicted molar refractivity (Wildman–Crippen MR) is 118 cm³/mol. The van der Waals surface area contributed by atoms with E-state index >= 15 is 0 Å². The molecular weight excluding hydrogens is 378 g/mol. The largest absolute Gasteiger partial charge is 0.398 e. The molecule has 1 aliphatic heterocycles. The number of carbonyl (C=O) groups excluding carboxylic acids is 2. The first-order valence-corrected chi connectivity index (χ1v) is 10.4. The second-order valence-electron chi connectivity index (χ2n) is 8.26. The smallest absolute Gasteiger partial charge is 0.253 e. The van der Waals surface area contributed by atoms with Crippen LogP contribution in [0.1, 0.15) is 28.8 Å². The van der Waals surface area contributed by atoms with E-state index < -0.39 is 5.54 Å². The Morgan fingerprint density at radius 2 is 1.57 bits per heavy atom. The molecule has 2 fully saturated rings. The van der Waals surface area contributed by atoms with Crippen molar-refractivity contribution in [1.29, 1.82) is 0 Å². The molecule has 1 saturated carbocycles. The van der Waals surface area contributed by atoms with E-state index in [4.69, 9.17) is 11.5 Å². The second kappa shape index (κ2) is 8.08. The fourth-order valence-corrected chi connectivity index (χ4v) is 3.89. The predicted octanol–water partition coefficient (Wildman–Crippen LogP) is 1.43. The number of nitrogens with zero attached hydrogens (tertiary/aromatic N) is 2. The third-order valence-electron chi connectivity index (χ3n) is 6.05. The fraction of sp³-hybridized carbons (Fsp3) is 0.391. The molecule has 2 aromatic carbocycles. The summed E-state index contributed by atoms with van der Waals surface area (Å²) in [6, 6.07) is 13.6. The highest BCUT2D eigenvalue weighted by Gasteiger charge is 2.48. The van der Waals surface area contributed by atoms with E-state index in [1.807, 2.05) is 49.5 Å². The van der Waals surface area contributed by atoms with Gasteiger partial charge in [-0.2, -0.15) is 0 Å². The number of nitrogen functional groups attached to an aromatic ring is 1. The van der Waals surface area contributed by atoms with E-state index in [1.54, 1.807) is 9.80 Å². The van der Waals surface area contributed by atoms with E-state index in [-0.39, 0.29) is 11.8 Å². The molecule has 2 amide bonds. The van der Waals surface area contributed by atoms with Crippen LogP contribution < -0.4 is 16.8 Å². The fourth-order valence-electron chi connectivity index (χ4n) is 3.89. The molecule has 0 radical (unpaired) electrons. The van der Waals surface area contributed by atoms with Crippen LogP contribution in [-0.4, -0.2) is 60.4 Å². The van der Waals surface area contributed by atoms with Crippen LogP contribution in [0.15, 0.2) is 42.5 Å². The van der Waals surface area contributed by atoms with Crippen molar-refractivity contribution >= 4 is 17.5 Å². The number of anilines is 1. The third-order valence-corrected chi connectivity index (χ3v) is 6.05. The molecule has 4 rings (SSSR count). The molecule has 30 heavy (non-hydrogen) atoms. The van der Waals surface area contributed by atoms with Crippen molar-refractivity contribution in [2.75, 3.05) is 39.0 Å². The molecule has 0 aromatic heterocycles. The highest BCUT2D eigenvalue weighted by Crippen LogP contribution is 2.34. The van der Waals surface area contributed by atoms with Crippen molar-refractivity contribution in [3.63, 3.8) is 0 Å². The van der Waals surface area contributed by atoms with Gasteiger partial charge < -0.3 is 26.6 Å². The Kier molecular flexibility index (Phi) is 5.49. The highest BCUT2D eigenvalue weighted by molar-refractivity contribution is 5.95. The minimum atomic E-state index is -0.642. The lowest BCUT2D eigenvalue weighted by Gasteiger charge is -2.36. The van der Waals surface area contributed by atoms with Crippen molar-refractivity contribution in [2.45, 2.75) is 24.9 Å². The summed E-state index contributed by atoms with van der Waals surface area (Å²) >= 11 is 0. The van der Waals surface area contributed by atoms with E-state index in [0.29, 0.717) is 31.7 Å². The van der Waals surface area contributed by atoms with Crippen LogP contribution in [0, 0.1) is 0 Å². The Labute approximate surface area is 177 Å². The summed E-state index contributed by atoms with van der Waals surface area (Å²) < 4.78 is 0. The number of hydrogen-bond acceptors (Lipinski definition) is 5. The summed E-state index contributed by atoms with van der Waals surface area (Å²) in [5.41, 5.74) is 16.0. The summed E-state index contributed by atoms with van der Waals surface area (Å²) in [6.07, 6.45) is 1.53. The third kappa shape index (κ3) is 4.04. The zero-order chi connectivity index (χ0) is 21.3. The first kappa shape index (κ1) is 20.4. The monoisotopic (exact) mass is 407 g/mol. The lowest BCUT2D eigenvalue weighted by atomic mass is 10.0. The molecule has 1 saturated heterocycles. The average Bonchev–Trinajstić information content (AvgIpc) is 3.53. The zero-order valence-corrected chi connectivity index (χ0v) is 17.4. The van der Waals surface area contributed by atoms with Crippen molar-refractivity contribution in [1.82, 2.24) is 15.1 Å². The maximum Gasteiger partial charge on any atom is 0.253 e. The lowest BCUT2D eigenvalue weighted by Crippen LogP contribution is -2.55. The Bertz CT molecular complexity index is 945. The number of rotatable bonds is 5. The van der Waals surface area contributed by atoms with Gasteiger partial charge in [-0.25, -0.2) is 0 Å². The number of nitrogens with one attached hydrogen (secondary N) is 1. The van der Waals surface area contributed by atoms with E-state index in [1.165, 1.54) is 0 Å². The number of hydrogen-bond donors (Lipinski definition) is 3. The van der Waals surface area contributed by atoms with Gasteiger partial charge in [-0.3, -0.25) is 9.59 Å². The van der Waals surface area contributed by atoms with Gasteiger partial charge in [0.1, 0.15) is 0 Å². The first-order valence-electron chi connectivity index (χ1n) is 10.4. The van der Waals surface area contributed by atoms with Gasteiger partial charge in [-0.05, 0) is 54.8 Å². The Morgan fingerprint density at radius 3 is 2.13 bits per heavy atom. The average molecular weight is 408 g/mol. The molecule has 1 aliphatic carbocycles. The molecule has 2 aromatic rings. The first-order chi connectivity index (χ1) is 14.4. The minimum Gasteiger partial charge on any atom is -0.398 e. The molecule has 0 atom stereocenters. The SMILES string of the molecule is CNCc1ccc(-c2ccc(C(=O)N3CCN(C(=O)C4(N)CC4)CC3)cc2)cc1N. The van der Waals surface area contributed by atoms with Gasteiger partial charge in [0.05, 0.1) is 5.54 Å². The quantitative estimate of drug-likeness (QED) is 0.651.